The second-order valence-corrected chi connectivity index (χ2v) is 6.44. The Hall–Kier alpha value is -1.01. The molecule has 18 heavy (non-hydrogen) atoms. The molecule has 0 aliphatic rings. The van der Waals surface area contributed by atoms with Crippen LogP contribution in [0.15, 0.2) is 23.1 Å². The molecule has 0 saturated carbocycles. The summed E-state index contributed by atoms with van der Waals surface area (Å²) in [6.45, 7) is 3.76. The molecule has 0 radical (unpaired) electrons. The zero-order valence-corrected chi connectivity index (χ0v) is 11.2. The second kappa shape index (κ2) is 5.75. The van der Waals surface area contributed by atoms with E-state index >= 15 is 0 Å². The zero-order valence-electron chi connectivity index (χ0n) is 10.4. The molecule has 0 fully saturated rings. The molecule has 2 atom stereocenters. The second-order valence-electron chi connectivity index (χ2n) is 4.41. The first kappa shape index (κ1) is 15.0. The van der Waals surface area contributed by atoms with Gasteiger partial charge < -0.3 is 5.73 Å². The van der Waals surface area contributed by atoms with E-state index in [-0.39, 0.29) is 16.6 Å². The molecule has 2 unspecified atom stereocenters. The van der Waals surface area contributed by atoms with Gasteiger partial charge in [0.25, 0.3) is 0 Å². The summed E-state index contributed by atoms with van der Waals surface area (Å²) in [4.78, 5) is -0.236. The smallest absolute Gasteiger partial charge is 0.180 e. The Bertz CT molecular complexity index is 517. The summed E-state index contributed by atoms with van der Waals surface area (Å²) in [7, 11) is -3.69. The molecule has 0 saturated heterocycles. The summed E-state index contributed by atoms with van der Waals surface area (Å²) in [5, 5.41) is 0. The number of nitrogens with two attached hydrogens (primary N) is 1. The van der Waals surface area contributed by atoms with E-state index in [2.05, 4.69) is 0 Å². The van der Waals surface area contributed by atoms with Crippen LogP contribution in [0.25, 0.3) is 0 Å². The van der Waals surface area contributed by atoms with Crippen molar-refractivity contribution in [3.05, 3.63) is 29.8 Å². The van der Waals surface area contributed by atoms with Crippen LogP contribution in [0.5, 0.6) is 0 Å². The minimum absolute atomic E-state index is 0.0464. The molecule has 0 spiro atoms. The molecular weight excluding hydrogens is 260 g/mol. The third-order valence-electron chi connectivity index (χ3n) is 3.04. The van der Waals surface area contributed by atoms with E-state index < -0.39 is 27.5 Å². The minimum atomic E-state index is -3.69. The van der Waals surface area contributed by atoms with Gasteiger partial charge in [0.05, 0.1) is 10.6 Å². The van der Waals surface area contributed by atoms with Crippen LogP contribution in [-0.4, -0.2) is 20.2 Å². The lowest BCUT2D eigenvalue weighted by molar-refractivity contribution is 0.465. The average Bonchev–Trinajstić information content (AvgIpc) is 2.30. The summed E-state index contributed by atoms with van der Waals surface area (Å²) in [5.41, 5.74) is 5.77. The zero-order chi connectivity index (χ0) is 13.9. The maximum absolute atomic E-state index is 13.0. The highest BCUT2D eigenvalue weighted by atomic mass is 32.2. The molecule has 0 aliphatic carbocycles. The standard InChI is InChI=1S/C12H17F2NO2S/c1-3-8(2)12(15)7-18(16,17)9-4-5-10(13)11(14)6-9/h4-6,8,12H,3,7,15H2,1-2H3. The van der Waals surface area contributed by atoms with Crippen LogP contribution < -0.4 is 5.73 Å². The Labute approximate surface area is 106 Å². The lowest BCUT2D eigenvalue weighted by atomic mass is 10.0. The fraction of sp³-hybridized carbons (Fsp3) is 0.500. The lowest BCUT2D eigenvalue weighted by Gasteiger charge is -2.18. The predicted octanol–water partition coefficient (Wildman–Crippen LogP) is 2.11. The van der Waals surface area contributed by atoms with Crippen LogP contribution in [0.1, 0.15) is 20.3 Å². The van der Waals surface area contributed by atoms with E-state index in [1.807, 2.05) is 13.8 Å². The normalized spacial score (nSPS) is 15.4. The van der Waals surface area contributed by atoms with Gasteiger partial charge in [0.2, 0.25) is 0 Å². The topological polar surface area (TPSA) is 60.2 Å². The van der Waals surface area contributed by atoms with Gasteiger partial charge in [0.15, 0.2) is 21.5 Å². The molecule has 1 aromatic rings. The average molecular weight is 277 g/mol. The predicted molar refractivity (Wildman–Crippen MR) is 65.8 cm³/mol. The van der Waals surface area contributed by atoms with Crippen LogP contribution in [0.2, 0.25) is 0 Å². The van der Waals surface area contributed by atoms with Gasteiger partial charge in [-0.3, -0.25) is 0 Å². The Kier molecular flexibility index (Phi) is 4.81. The fourth-order valence-electron chi connectivity index (χ4n) is 1.49. The molecule has 0 aliphatic heterocycles. The number of rotatable bonds is 5. The molecule has 0 aromatic heterocycles. The van der Waals surface area contributed by atoms with Crippen molar-refractivity contribution in [1.29, 1.82) is 0 Å². The van der Waals surface area contributed by atoms with E-state index in [1.165, 1.54) is 0 Å². The van der Waals surface area contributed by atoms with Crippen molar-refractivity contribution in [3.8, 4) is 0 Å². The largest absolute Gasteiger partial charge is 0.327 e. The molecule has 2 N–H and O–H groups in total. The molecule has 3 nitrogen and oxygen atoms in total. The SMILES string of the molecule is CCC(C)C(N)CS(=O)(=O)c1ccc(F)c(F)c1. The third-order valence-corrected chi connectivity index (χ3v) is 4.83. The van der Waals surface area contributed by atoms with Gasteiger partial charge in [-0.15, -0.1) is 0 Å². The van der Waals surface area contributed by atoms with Gasteiger partial charge in [-0.1, -0.05) is 20.3 Å². The Balaban J connectivity index is 2.96. The molecule has 0 bridgehead atoms. The molecule has 1 aromatic carbocycles. The van der Waals surface area contributed by atoms with Crippen LogP contribution in [0.3, 0.4) is 0 Å². The quantitative estimate of drug-likeness (QED) is 0.839. The van der Waals surface area contributed by atoms with Gasteiger partial charge in [0.1, 0.15) is 0 Å². The van der Waals surface area contributed by atoms with Crippen LogP contribution in [0, 0.1) is 17.6 Å². The number of sulfone groups is 1. The van der Waals surface area contributed by atoms with Crippen LogP contribution in [-0.2, 0) is 9.84 Å². The highest BCUT2D eigenvalue weighted by Crippen LogP contribution is 2.17. The van der Waals surface area contributed by atoms with Crippen LogP contribution in [0.4, 0.5) is 8.78 Å². The summed E-state index contributed by atoms with van der Waals surface area (Å²) >= 11 is 0. The van der Waals surface area contributed by atoms with Gasteiger partial charge in [-0.25, -0.2) is 17.2 Å². The van der Waals surface area contributed by atoms with Gasteiger partial charge in [-0.05, 0) is 24.1 Å². The Morgan fingerprint density at radius 3 is 2.39 bits per heavy atom. The van der Waals surface area contributed by atoms with Crippen molar-refractivity contribution in [3.63, 3.8) is 0 Å². The van der Waals surface area contributed by atoms with Crippen molar-refractivity contribution in [2.24, 2.45) is 11.7 Å². The Morgan fingerprint density at radius 1 is 1.28 bits per heavy atom. The maximum Gasteiger partial charge on any atom is 0.180 e. The van der Waals surface area contributed by atoms with Crippen LogP contribution >= 0.6 is 0 Å². The molecule has 102 valence electrons. The number of hydrogen-bond acceptors (Lipinski definition) is 3. The van der Waals surface area contributed by atoms with Crippen molar-refractivity contribution >= 4 is 9.84 Å². The first-order chi connectivity index (χ1) is 8.27. The van der Waals surface area contributed by atoms with Gasteiger partial charge in [-0.2, -0.15) is 0 Å². The number of benzene rings is 1. The fourth-order valence-corrected chi connectivity index (χ4v) is 3.07. The van der Waals surface area contributed by atoms with Gasteiger partial charge in [0, 0.05) is 6.04 Å². The van der Waals surface area contributed by atoms with E-state index in [1.54, 1.807) is 0 Å². The first-order valence-corrected chi connectivity index (χ1v) is 7.36. The van der Waals surface area contributed by atoms with Crippen molar-refractivity contribution in [2.75, 3.05) is 5.75 Å². The van der Waals surface area contributed by atoms with E-state index in [4.69, 9.17) is 5.73 Å². The van der Waals surface area contributed by atoms with E-state index in [0.29, 0.717) is 6.07 Å². The Morgan fingerprint density at radius 2 is 1.89 bits per heavy atom. The first-order valence-electron chi connectivity index (χ1n) is 5.71. The molecule has 0 amide bonds. The summed E-state index contributed by atoms with van der Waals surface area (Å²) < 4.78 is 49.7. The number of hydrogen-bond donors (Lipinski definition) is 1. The summed E-state index contributed by atoms with van der Waals surface area (Å²) in [6, 6.07) is 2.02. The highest BCUT2D eigenvalue weighted by Gasteiger charge is 2.23. The van der Waals surface area contributed by atoms with Gasteiger partial charge >= 0.3 is 0 Å². The molecular formula is C12H17F2NO2S. The summed E-state index contributed by atoms with van der Waals surface area (Å²) in [6.07, 6.45) is 0.758. The van der Waals surface area contributed by atoms with E-state index in [0.717, 1.165) is 18.6 Å². The molecule has 1 rings (SSSR count). The van der Waals surface area contributed by atoms with Crippen molar-refractivity contribution < 1.29 is 17.2 Å². The summed E-state index contributed by atoms with van der Waals surface area (Å²) in [5.74, 6) is -2.47. The highest BCUT2D eigenvalue weighted by molar-refractivity contribution is 7.91. The monoisotopic (exact) mass is 277 g/mol. The molecule has 0 heterocycles. The van der Waals surface area contributed by atoms with Crippen molar-refractivity contribution in [2.45, 2.75) is 31.2 Å². The van der Waals surface area contributed by atoms with Crippen molar-refractivity contribution in [1.82, 2.24) is 0 Å². The third kappa shape index (κ3) is 3.49. The molecule has 6 heteroatoms. The van der Waals surface area contributed by atoms with E-state index in [9.17, 15) is 17.2 Å². The lowest BCUT2D eigenvalue weighted by Crippen LogP contribution is -2.35. The minimum Gasteiger partial charge on any atom is -0.327 e. The number of halogens is 2. The maximum atomic E-state index is 13.0.